The van der Waals surface area contributed by atoms with Crippen LogP contribution in [0.15, 0.2) is 17.7 Å². The molecule has 1 aliphatic carbocycles. The van der Waals surface area contributed by atoms with Gasteiger partial charge in [0.15, 0.2) is 10.1 Å². The molecule has 0 unspecified atom stereocenters. The quantitative estimate of drug-likeness (QED) is 0.884. The summed E-state index contributed by atoms with van der Waals surface area (Å²) in [6, 6.07) is 0.333. The fourth-order valence-corrected chi connectivity index (χ4v) is 3.41. The van der Waals surface area contributed by atoms with Crippen LogP contribution in [0.25, 0.3) is 11.0 Å². The topological polar surface area (TPSA) is 46.4 Å². The molecule has 6 heteroatoms. The first-order chi connectivity index (χ1) is 9.24. The Morgan fingerprint density at radius 1 is 1.53 bits per heavy atom. The summed E-state index contributed by atoms with van der Waals surface area (Å²) >= 11 is 7.57. The van der Waals surface area contributed by atoms with E-state index < -0.39 is 0 Å². The summed E-state index contributed by atoms with van der Waals surface area (Å²) in [5.41, 5.74) is 0.750. The van der Waals surface area contributed by atoms with Crippen LogP contribution in [0.3, 0.4) is 0 Å². The van der Waals surface area contributed by atoms with Gasteiger partial charge in [-0.05, 0) is 18.9 Å². The number of aromatic nitrogens is 2. The molecular weight excluding hydrogens is 282 g/mol. The molecule has 1 fully saturated rings. The SMILES string of the molecule is O=C(/C=C\c1c(Cl)nc2sccn12)NC1CCCC1. The standard InChI is InChI=1S/C13H14ClN3OS/c14-12-10(17-7-8-19-13(17)16-12)5-6-11(18)15-9-3-1-2-4-9/h5-9H,1-4H2,(H,15,18)/b6-5-. The normalized spacial score (nSPS) is 16.7. The molecule has 1 amide bonds. The Kier molecular flexibility index (Phi) is 3.57. The van der Waals surface area contributed by atoms with Gasteiger partial charge in [-0.15, -0.1) is 11.3 Å². The summed E-state index contributed by atoms with van der Waals surface area (Å²) in [5.74, 6) is -0.0619. The van der Waals surface area contributed by atoms with Gasteiger partial charge in [-0.3, -0.25) is 9.20 Å². The van der Waals surface area contributed by atoms with Crippen molar-refractivity contribution in [3.05, 3.63) is 28.5 Å². The van der Waals surface area contributed by atoms with Crippen LogP contribution in [0.5, 0.6) is 0 Å². The highest BCUT2D eigenvalue weighted by atomic mass is 35.5. The molecule has 0 radical (unpaired) electrons. The molecule has 0 aromatic carbocycles. The predicted octanol–water partition coefficient (Wildman–Crippen LogP) is 3.12. The Morgan fingerprint density at radius 2 is 2.32 bits per heavy atom. The highest BCUT2D eigenvalue weighted by Gasteiger charge is 2.16. The third-order valence-corrected chi connectivity index (χ3v) is 4.38. The Balaban J connectivity index is 1.72. The number of nitrogens with zero attached hydrogens (tertiary/aromatic N) is 2. The van der Waals surface area contributed by atoms with Crippen molar-refractivity contribution in [3.8, 4) is 0 Å². The molecule has 100 valence electrons. The van der Waals surface area contributed by atoms with Crippen LogP contribution >= 0.6 is 22.9 Å². The number of amides is 1. The fraction of sp³-hybridized carbons (Fsp3) is 0.385. The molecule has 0 aliphatic heterocycles. The van der Waals surface area contributed by atoms with Gasteiger partial charge in [-0.2, -0.15) is 0 Å². The third kappa shape index (κ3) is 2.67. The summed E-state index contributed by atoms with van der Waals surface area (Å²) in [7, 11) is 0. The van der Waals surface area contributed by atoms with Gasteiger partial charge < -0.3 is 5.32 Å². The second-order valence-electron chi connectivity index (χ2n) is 4.67. The van der Waals surface area contributed by atoms with E-state index in [1.165, 1.54) is 30.3 Å². The van der Waals surface area contributed by atoms with Crippen molar-refractivity contribution in [2.24, 2.45) is 0 Å². The molecule has 1 aliphatic rings. The molecule has 1 saturated carbocycles. The summed E-state index contributed by atoms with van der Waals surface area (Å²) in [5, 5.41) is 5.37. The maximum Gasteiger partial charge on any atom is 0.244 e. The smallest absolute Gasteiger partial charge is 0.244 e. The van der Waals surface area contributed by atoms with E-state index >= 15 is 0 Å². The first kappa shape index (κ1) is 12.7. The van der Waals surface area contributed by atoms with Crippen LogP contribution in [0.2, 0.25) is 5.15 Å². The second kappa shape index (κ2) is 5.35. The molecule has 2 heterocycles. The number of hydrogen-bond donors (Lipinski definition) is 1. The molecule has 2 aromatic heterocycles. The fourth-order valence-electron chi connectivity index (χ4n) is 2.40. The van der Waals surface area contributed by atoms with Gasteiger partial charge in [0.1, 0.15) is 0 Å². The van der Waals surface area contributed by atoms with E-state index in [0.29, 0.717) is 11.2 Å². The lowest BCUT2D eigenvalue weighted by Crippen LogP contribution is -2.30. The van der Waals surface area contributed by atoms with Crippen LogP contribution in [0.1, 0.15) is 31.4 Å². The van der Waals surface area contributed by atoms with Crippen LogP contribution < -0.4 is 5.32 Å². The number of fused-ring (bicyclic) bond motifs is 1. The molecule has 19 heavy (non-hydrogen) atoms. The lowest BCUT2D eigenvalue weighted by atomic mass is 10.2. The van der Waals surface area contributed by atoms with Crippen molar-refractivity contribution >= 4 is 39.9 Å². The van der Waals surface area contributed by atoms with Crippen molar-refractivity contribution < 1.29 is 4.79 Å². The summed E-state index contributed by atoms with van der Waals surface area (Å²) in [4.78, 5) is 16.9. The minimum atomic E-state index is -0.0619. The lowest BCUT2D eigenvalue weighted by molar-refractivity contribution is -0.117. The van der Waals surface area contributed by atoms with Crippen molar-refractivity contribution in [2.75, 3.05) is 0 Å². The van der Waals surface area contributed by atoms with Crippen LogP contribution in [-0.4, -0.2) is 21.3 Å². The Labute approximate surface area is 120 Å². The van der Waals surface area contributed by atoms with E-state index in [-0.39, 0.29) is 5.91 Å². The lowest BCUT2D eigenvalue weighted by Gasteiger charge is -2.08. The summed E-state index contributed by atoms with van der Waals surface area (Å²) < 4.78 is 1.88. The van der Waals surface area contributed by atoms with E-state index in [2.05, 4.69) is 10.3 Å². The van der Waals surface area contributed by atoms with Gasteiger partial charge in [-0.1, -0.05) is 24.4 Å². The van der Waals surface area contributed by atoms with Crippen molar-refractivity contribution in [1.82, 2.24) is 14.7 Å². The first-order valence-corrected chi connectivity index (χ1v) is 7.59. The minimum Gasteiger partial charge on any atom is -0.350 e. The number of rotatable bonds is 3. The van der Waals surface area contributed by atoms with E-state index in [4.69, 9.17) is 11.6 Å². The van der Waals surface area contributed by atoms with Gasteiger partial charge in [-0.25, -0.2) is 4.98 Å². The Bertz CT molecular complexity index is 625. The maximum atomic E-state index is 11.8. The first-order valence-electron chi connectivity index (χ1n) is 6.33. The molecule has 4 nitrogen and oxygen atoms in total. The van der Waals surface area contributed by atoms with Gasteiger partial charge in [0, 0.05) is 23.7 Å². The van der Waals surface area contributed by atoms with Crippen LogP contribution in [0.4, 0.5) is 0 Å². The molecule has 0 saturated heterocycles. The molecular formula is C13H14ClN3OS. The molecule has 2 aromatic rings. The second-order valence-corrected chi connectivity index (χ2v) is 5.90. The van der Waals surface area contributed by atoms with Crippen molar-refractivity contribution in [1.29, 1.82) is 0 Å². The third-order valence-electron chi connectivity index (χ3n) is 3.35. The van der Waals surface area contributed by atoms with Crippen molar-refractivity contribution in [2.45, 2.75) is 31.7 Å². The van der Waals surface area contributed by atoms with Crippen LogP contribution in [-0.2, 0) is 4.79 Å². The number of carbonyl (C=O) groups excluding carboxylic acids is 1. The monoisotopic (exact) mass is 295 g/mol. The zero-order chi connectivity index (χ0) is 13.2. The molecule has 3 rings (SSSR count). The highest BCUT2D eigenvalue weighted by molar-refractivity contribution is 7.15. The van der Waals surface area contributed by atoms with Gasteiger partial charge in [0.2, 0.25) is 5.91 Å². The van der Waals surface area contributed by atoms with Gasteiger partial charge in [0.05, 0.1) is 5.69 Å². The molecule has 1 N–H and O–H groups in total. The van der Waals surface area contributed by atoms with E-state index in [1.807, 2.05) is 16.0 Å². The number of halogens is 1. The Morgan fingerprint density at radius 3 is 3.11 bits per heavy atom. The molecule has 0 atom stereocenters. The summed E-state index contributed by atoms with van der Waals surface area (Å²) in [6.45, 7) is 0. The maximum absolute atomic E-state index is 11.8. The average Bonchev–Trinajstić information content (AvgIpc) is 3.05. The van der Waals surface area contributed by atoms with Gasteiger partial charge in [0.25, 0.3) is 0 Å². The zero-order valence-electron chi connectivity index (χ0n) is 10.3. The van der Waals surface area contributed by atoms with Crippen LogP contribution in [0, 0.1) is 0 Å². The number of carbonyl (C=O) groups is 1. The number of thiazole rings is 1. The summed E-state index contributed by atoms with van der Waals surface area (Å²) in [6.07, 6.45) is 9.74. The molecule has 0 bridgehead atoms. The van der Waals surface area contributed by atoms with Gasteiger partial charge >= 0.3 is 0 Å². The highest BCUT2D eigenvalue weighted by Crippen LogP contribution is 2.22. The zero-order valence-corrected chi connectivity index (χ0v) is 11.9. The largest absolute Gasteiger partial charge is 0.350 e. The number of nitrogens with one attached hydrogen (secondary N) is 1. The van der Waals surface area contributed by atoms with E-state index in [9.17, 15) is 4.79 Å². The predicted molar refractivity (Wildman–Crippen MR) is 77.5 cm³/mol. The minimum absolute atomic E-state index is 0.0619. The Hall–Kier alpha value is -1.33. The number of hydrogen-bond acceptors (Lipinski definition) is 3. The van der Waals surface area contributed by atoms with E-state index in [1.54, 1.807) is 6.08 Å². The van der Waals surface area contributed by atoms with E-state index in [0.717, 1.165) is 23.5 Å². The molecule has 0 spiro atoms. The van der Waals surface area contributed by atoms with Crippen molar-refractivity contribution in [3.63, 3.8) is 0 Å². The number of imidazole rings is 1. The average molecular weight is 296 g/mol.